The molecule has 2 N–H and O–H groups in total. The zero-order chi connectivity index (χ0) is 12.5. The monoisotopic (exact) mass is 307 g/mol. The molecule has 1 aromatic heterocycles. The fourth-order valence-electron chi connectivity index (χ4n) is 1.04. The molecule has 0 saturated heterocycles. The van der Waals surface area contributed by atoms with Crippen LogP contribution in [0.25, 0.3) is 0 Å². The van der Waals surface area contributed by atoms with Crippen LogP contribution >= 0.6 is 15.9 Å². The van der Waals surface area contributed by atoms with Gasteiger partial charge in [0.25, 0.3) is 15.9 Å². The SMILES string of the molecule is CN(C)C(=O)c1ccc(Br)nc1S(N)(=O)=O. The van der Waals surface area contributed by atoms with Crippen LogP contribution in [0.4, 0.5) is 0 Å². The summed E-state index contributed by atoms with van der Waals surface area (Å²) in [4.78, 5) is 16.6. The van der Waals surface area contributed by atoms with E-state index in [4.69, 9.17) is 5.14 Å². The molecule has 0 radical (unpaired) electrons. The van der Waals surface area contributed by atoms with Crippen molar-refractivity contribution in [2.75, 3.05) is 14.1 Å². The fourth-order valence-corrected chi connectivity index (χ4v) is 2.15. The van der Waals surface area contributed by atoms with Gasteiger partial charge in [-0.1, -0.05) is 0 Å². The highest BCUT2D eigenvalue weighted by Crippen LogP contribution is 2.17. The van der Waals surface area contributed by atoms with Crippen molar-refractivity contribution in [2.24, 2.45) is 5.14 Å². The van der Waals surface area contributed by atoms with Gasteiger partial charge in [-0.25, -0.2) is 18.5 Å². The molecule has 1 aromatic rings. The number of halogens is 1. The standard InChI is InChI=1S/C8H10BrN3O3S/c1-12(2)8(13)5-3-4-6(9)11-7(5)16(10,14)15/h3-4H,1-2H3,(H2,10,14,15). The van der Waals surface area contributed by atoms with E-state index in [0.717, 1.165) is 0 Å². The van der Waals surface area contributed by atoms with Gasteiger partial charge in [-0.15, -0.1) is 0 Å². The number of hydrogen-bond donors (Lipinski definition) is 1. The quantitative estimate of drug-likeness (QED) is 0.789. The van der Waals surface area contributed by atoms with Crippen molar-refractivity contribution in [2.45, 2.75) is 5.03 Å². The maximum atomic E-state index is 11.7. The van der Waals surface area contributed by atoms with Gasteiger partial charge >= 0.3 is 0 Å². The Bertz CT molecular complexity index is 527. The first-order valence-electron chi connectivity index (χ1n) is 4.14. The number of rotatable bonds is 2. The van der Waals surface area contributed by atoms with Crippen LogP contribution < -0.4 is 5.14 Å². The summed E-state index contributed by atoms with van der Waals surface area (Å²) >= 11 is 3.02. The number of nitrogens with two attached hydrogens (primary N) is 1. The molecule has 0 aromatic carbocycles. The van der Waals surface area contributed by atoms with Gasteiger partial charge in [-0.3, -0.25) is 4.79 Å². The zero-order valence-corrected chi connectivity index (χ0v) is 11.0. The number of nitrogens with zero attached hydrogens (tertiary/aromatic N) is 2. The highest BCUT2D eigenvalue weighted by atomic mass is 79.9. The van der Waals surface area contributed by atoms with Gasteiger partial charge in [-0.2, -0.15) is 0 Å². The highest BCUT2D eigenvalue weighted by Gasteiger charge is 2.22. The molecule has 1 rings (SSSR count). The Morgan fingerprint density at radius 1 is 1.44 bits per heavy atom. The maximum Gasteiger partial charge on any atom is 0.256 e. The Kier molecular flexibility index (Phi) is 3.66. The minimum atomic E-state index is -4.02. The minimum Gasteiger partial charge on any atom is -0.345 e. The molecule has 6 nitrogen and oxygen atoms in total. The van der Waals surface area contributed by atoms with Gasteiger partial charge in [0.1, 0.15) is 4.60 Å². The molecule has 8 heteroatoms. The Morgan fingerprint density at radius 3 is 2.44 bits per heavy atom. The van der Waals surface area contributed by atoms with Crippen LogP contribution in [0.2, 0.25) is 0 Å². The minimum absolute atomic E-state index is 0.0456. The van der Waals surface area contributed by atoms with Crippen molar-refractivity contribution in [3.05, 3.63) is 22.3 Å². The second-order valence-electron chi connectivity index (χ2n) is 3.23. The number of carbonyl (C=O) groups excluding carboxylic acids is 1. The number of aromatic nitrogens is 1. The Morgan fingerprint density at radius 2 is 2.00 bits per heavy atom. The number of amides is 1. The van der Waals surface area contributed by atoms with Gasteiger partial charge in [0.2, 0.25) is 0 Å². The first kappa shape index (κ1) is 13.1. The van der Waals surface area contributed by atoms with Crippen molar-refractivity contribution < 1.29 is 13.2 Å². The van der Waals surface area contributed by atoms with Gasteiger partial charge in [0.05, 0.1) is 5.56 Å². The molecule has 0 spiro atoms. The molecule has 0 aliphatic carbocycles. The van der Waals surface area contributed by atoms with Gasteiger partial charge in [-0.05, 0) is 28.1 Å². The first-order chi connectivity index (χ1) is 7.23. The predicted molar refractivity (Wildman–Crippen MR) is 61.3 cm³/mol. The first-order valence-corrected chi connectivity index (χ1v) is 6.48. The molecule has 1 amide bonds. The lowest BCUT2D eigenvalue weighted by atomic mass is 10.2. The largest absolute Gasteiger partial charge is 0.345 e. The zero-order valence-electron chi connectivity index (χ0n) is 8.64. The summed E-state index contributed by atoms with van der Waals surface area (Å²) < 4.78 is 22.8. The Hall–Kier alpha value is -0.990. The summed E-state index contributed by atoms with van der Waals surface area (Å²) in [5, 5.41) is 4.55. The second-order valence-corrected chi connectivity index (χ2v) is 5.52. The van der Waals surface area contributed by atoms with Crippen molar-refractivity contribution >= 4 is 31.9 Å². The third-order valence-electron chi connectivity index (χ3n) is 1.73. The summed E-state index contributed by atoms with van der Waals surface area (Å²) in [6, 6.07) is 2.84. The lowest BCUT2D eigenvalue weighted by Crippen LogP contribution is -2.26. The molecule has 0 fully saturated rings. The van der Waals surface area contributed by atoms with E-state index in [1.807, 2.05) is 0 Å². The van der Waals surface area contributed by atoms with Crippen LogP contribution in [-0.4, -0.2) is 38.3 Å². The normalized spacial score (nSPS) is 11.2. The lowest BCUT2D eigenvalue weighted by molar-refractivity contribution is 0.0823. The van der Waals surface area contributed by atoms with E-state index in [1.165, 1.54) is 31.1 Å². The average molecular weight is 308 g/mol. The van der Waals surface area contributed by atoms with Crippen LogP contribution in [-0.2, 0) is 10.0 Å². The molecule has 0 aliphatic rings. The molecule has 0 aliphatic heterocycles. The van der Waals surface area contributed by atoms with E-state index in [9.17, 15) is 13.2 Å². The number of carbonyl (C=O) groups is 1. The van der Waals surface area contributed by atoms with Crippen LogP contribution in [0.5, 0.6) is 0 Å². The number of sulfonamides is 1. The lowest BCUT2D eigenvalue weighted by Gasteiger charge is -2.12. The fraction of sp³-hybridized carbons (Fsp3) is 0.250. The van der Waals surface area contributed by atoms with Crippen molar-refractivity contribution in [1.29, 1.82) is 0 Å². The molecular formula is C8H10BrN3O3S. The summed E-state index contributed by atoms with van der Waals surface area (Å²) in [6.45, 7) is 0. The number of pyridine rings is 1. The summed E-state index contributed by atoms with van der Waals surface area (Å²) in [6.07, 6.45) is 0. The van der Waals surface area contributed by atoms with E-state index >= 15 is 0 Å². The molecule has 1 heterocycles. The van der Waals surface area contributed by atoms with E-state index in [-0.39, 0.29) is 5.56 Å². The van der Waals surface area contributed by atoms with E-state index in [0.29, 0.717) is 4.60 Å². The topological polar surface area (TPSA) is 93.4 Å². The van der Waals surface area contributed by atoms with Crippen LogP contribution in [0.1, 0.15) is 10.4 Å². The average Bonchev–Trinajstić information content (AvgIpc) is 2.15. The molecular weight excluding hydrogens is 298 g/mol. The molecule has 0 atom stereocenters. The summed E-state index contributed by atoms with van der Waals surface area (Å²) in [7, 11) is -1.00. The summed E-state index contributed by atoms with van der Waals surface area (Å²) in [5.41, 5.74) is -0.0456. The molecule has 0 saturated carbocycles. The van der Waals surface area contributed by atoms with E-state index in [1.54, 1.807) is 0 Å². The van der Waals surface area contributed by atoms with Gasteiger partial charge in [0.15, 0.2) is 5.03 Å². The molecule has 88 valence electrons. The van der Waals surface area contributed by atoms with Gasteiger partial charge in [0, 0.05) is 14.1 Å². The van der Waals surface area contributed by atoms with Crippen molar-refractivity contribution in [3.63, 3.8) is 0 Å². The van der Waals surface area contributed by atoms with Gasteiger partial charge < -0.3 is 4.90 Å². The van der Waals surface area contributed by atoms with Crippen LogP contribution in [0, 0.1) is 0 Å². The molecule has 0 unspecified atom stereocenters. The third-order valence-corrected chi connectivity index (χ3v) is 3.02. The third kappa shape index (κ3) is 2.77. The highest BCUT2D eigenvalue weighted by molar-refractivity contribution is 9.10. The molecule has 0 bridgehead atoms. The van der Waals surface area contributed by atoms with Crippen molar-refractivity contribution in [1.82, 2.24) is 9.88 Å². The number of primary sulfonamides is 1. The van der Waals surface area contributed by atoms with E-state index < -0.39 is 21.0 Å². The maximum absolute atomic E-state index is 11.7. The summed E-state index contributed by atoms with van der Waals surface area (Å²) in [5.74, 6) is -0.468. The van der Waals surface area contributed by atoms with E-state index in [2.05, 4.69) is 20.9 Å². The predicted octanol–water partition coefficient (Wildman–Crippen LogP) is 0.193. The Labute approximate surface area is 102 Å². The number of hydrogen-bond acceptors (Lipinski definition) is 4. The smallest absolute Gasteiger partial charge is 0.256 e. The van der Waals surface area contributed by atoms with Crippen LogP contribution in [0.15, 0.2) is 21.8 Å². The van der Waals surface area contributed by atoms with Crippen molar-refractivity contribution in [3.8, 4) is 0 Å². The molecule has 16 heavy (non-hydrogen) atoms. The second kappa shape index (κ2) is 4.48. The van der Waals surface area contributed by atoms with Crippen LogP contribution in [0.3, 0.4) is 0 Å². The Balaban J connectivity index is 3.47.